The minimum Gasteiger partial charge on any atom is -0.494 e. The maximum Gasteiger partial charge on any atom is 0.170 e. The van der Waals surface area contributed by atoms with Crippen LogP contribution in [0.1, 0.15) is 12.8 Å². The summed E-state index contributed by atoms with van der Waals surface area (Å²) in [6.45, 7) is 1.53. The van der Waals surface area contributed by atoms with Gasteiger partial charge in [0.1, 0.15) is 5.75 Å². The van der Waals surface area contributed by atoms with Crippen LogP contribution < -0.4 is 15.4 Å². The Balaban J connectivity index is 1.54. The third-order valence-corrected chi connectivity index (χ3v) is 3.47. The van der Waals surface area contributed by atoms with Gasteiger partial charge in [-0.1, -0.05) is 29.8 Å². The molecule has 2 aromatic carbocycles. The summed E-state index contributed by atoms with van der Waals surface area (Å²) in [5.74, 6) is 0.912. The van der Waals surface area contributed by atoms with Crippen LogP contribution in [0.5, 0.6) is 5.75 Å². The third kappa shape index (κ3) is 6.33. The van der Waals surface area contributed by atoms with Crippen molar-refractivity contribution in [3.05, 3.63) is 59.6 Å². The Morgan fingerprint density at radius 1 is 1.00 bits per heavy atom. The SMILES string of the molecule is S=C(NCCCCOc1ccccc1)Nc1ccc(Cl)cc1. The molecule has 0 aliphatic heterocycles. The van der Waals surface area contributed by atoms with Crippen LogP contribution >= 0.6 is 23.8 Å². The number of unbranched alkanes of at least 4 members (excludes halogenated alkanes) is 1. The molecule has 0 unspecified atom stereocenters. The van der Waals surface area contributed by atoms with E-state index in [4.69, 9.17) is 28.6 Å². The van der Waals surface area contributed by atoms with Crippen LogP contribution in [0.15, 0.2) is 54.6 Å². The van der Waals surface area contributed by atoms with E-state index in [1.54, 1.807) is 0 Å². The fourth-order valence-corrected chi connectivity index (χ4v) is 2.19. The normalized spacial score (nSPS) is 10.0. The van der Waals surface area contributed by atoms with Crippen LogP contribution in [0.4, 0.5) is 5.69 Å². The first-order valence-electron chi connectivity index (χ1n) is 7.22. The van der Waals surface area contributed by atoms with Crippen LogP contribution in [0.25, 0.3) is 0 Å². The number of benzene rings is 2. The number of thiocarbonyl (C=S) groups is 1. The van der Waals surface area contributed by atoms with E-state index >= 15 is 0 Å². The van der Waals surface area contributed by atoms with Crippen molar-refractivity contribution >= 4 is 34.6 Å². The second kappa shape index (κ2) is 9.28. The number of para-hydroxylation sites is 1. The molecule has 0 atom stereocenters. The number of halogens is 1. The summed E-state index contributed by atoms with van der Waals surface area (Å²) in [6.07, 6.45) is 1.97. The van der Waals surface area contributed by atoms with E-state index in [0.717, 1.165) is 30.8 Å². The maximum absolute atomic E-state index is 5.84. The standard InChI is InChI=1S/C17H19ClN2OS/c18-14-8-10-15(11-9-14)20-17(22)19-12-4-5-13-21-16-6-2-1-3-7-16/h1-3,6-11H,4-5,12-13H2,(H2,19,20,22). The van der Waals surface area contributed by atoms with Crippen molar-refractivity contribution < 1.29 is 4.74 Å². The van der Waals surface area contributed by atoms with E-state index in [-0.39, 0.29) is 0 Å². The van der Waals surface area contributed by atoms with Crippen molar-refractivity contribution in [3.63, 3.8) is 0 Å². The molecule has 2 N–H and O–H groups in total. The first kappa shape index (κ1) is 16.6. The van der Waals surface area contributed by atoms with Crippen molar-refractivity contribution in [2.75, 3.05) is 18.5 Å². The highest BCUT2D eigenvalue weighted by Gasteiger charge is 1.98. The molecule has 2 aromatic rings. The van der Waals surface area contributed by atoms with Crippen molar-refractivity contribution in [2.24, 2.45) is 0 Å². The van der Waals surface area contributed by atoms with Gasteiger partial charge in [0.15, 0.2) is 5.11 Å². The zero-order valence-corrected chi connectivity index (χ0v) is 13.8. The molecule has 0 fully saturated rings. The number of ether oxygens (including phenoxy) is 1. The van der Waals surface area contributed by atoms with Crippen LogP contribution in [0.3, 0.4) is 0 Å². The highest BCUT2D eigenvalue weighted by Crippen LogP contribution is 2.13. The fourth-order valence-electron chi connectivity index (χ4n) is 1.84. The quantitative estimate of drug-likeness (QED) is 0.577. The van der Waals surface area contributed by atoms with Crippen molar-refractivity contribution in [1.82, 2.24) is 5.32 Å². The van der Waals surface area contributed by atoms with Gasteiger partial charge in [-0.3, -0.25) is 0 Å². The Morgan fingerprint density at radius 2 is 1.73 bits per heavy atom. The molecule has 0 aliphatic carbocycles. The van der Waals surface area contributed by atoms with E-state index in [1.807, 2.05) is 54.6 Å². The first-order chi connectivity index (χ1) is 10.7. The lowest BCUT2D eigenvalue weighted by molar-refractivity contribution is 0.307. The fraction of sp³-hybridized carbons (Fsp3) is 0.235. The summed E-state index contributed by atoms with van der Waals surface area (Å²) in [5, 5.41) is 7.62. The smallest absolute Gasteiger partial charge is 0.170 e. The predicted molar refractivity (Wildman–Crippen MR) is 96.8 cm³/mol. The molecule has 116 valence electrons. The van der Waals surface area contributed by atoms with Crippen LogP contribution in [-0.4, -0.2) is 18.3 Å². The molecule has 0 radical (unpaired) electrons. The topological polar surface area (TPSA) is 33.3 Å². The van der Waals surface area contributed by atoms with E-state index in [0.29, 0.717) is 16.7 Å². The molecule has 5 heteroatoms. The molecule has 3 nitrogen and oxygen atoms in total. The maximum atomic E-state index is 5.84. The summed E-state index contributed by atoms with van der Waals surface area (Å²) < 4.78 is 5.63. The van der Waals surface area contributed by atoms with Crippen LogP contribution in [0.2, 0.25) is 5.02 Å². The predicted octanol–water partition coefficient (Wildman–Crippen LogP) is 4.49. The molecule has 2 rings (SSSR count). The molecule has 0 aliphatic rings. The average Bonchev–Trinajstić information content (AvgIpc) is 2.54. The molecular weight excluding hydrogens is 316 g/mol. The van der Waals surface area contributed by atoms with Crippen LogP contribution in [0, 0.1) is 0 Å². The van der Waals surface area contributed by atoms with E-state index in [2.05, 4.69) is 10.6 Å². The van der Waals surface area contributed by atoms with Gasteiger partial charge in [-0.15, -0.1) is 0 Å². The largest absolute Gasteiger partial charge is 0.494 e. The van der Waals surface area contributed by atoms with Crippen molar-refractivity contribution in [3.8, 4) is 5.75 Å². The summed E-state index contributed by atoms with van der Waals surface area (Å²) in [7, 11) is 0. The number of rotatable bonds is 7. The minimum atomic E-state index is 0.617. The molecule has 0 bridgehead atoms. The van der Waals surface area contributed by atoms with Gasteiger partial charge in [0.2, 0.25) is 0 Å². The average molecular weight is 335 g/mol. The number of hydrogen-bond donors (Lipinski definition) is 2. The second-order valence-corrected chi connectivity index (χ2v) is 5.60. The Hall–Kier alpha value is -1.78. The third-order valence-electron chi connectivity index (χ3n) is 2.97. The molecule has 0 saturated heterocycles. The summed E-state index contributed by atoms with van der Waals surface area (Å²) in [4.78, 5) is 0. The molecule has 0 aromatic heterocycles. The van der Waals surface area contributed by atoms with Gasteiger partial charge in [-0.2, -0.15) is 0 Å². The van der Waals surface area contributed by atoms with E-state index in [1.165, 1.54) is 0 Å². The molecule has 0 amide bonds. The summed E-state index contributed by atoms with van der Waals surface area (Å²) in [6, 6.07) is 17.3. The van der Waals surface area contributed by atoms with Crippen molar-refractivity contribution in [1.29, 1.82) is 0 Å². The summed E-state index contributed by atoms with van der Waals surface area (Å²) >= 11 is 11.1. The Kier molecular flexibility index (Phi) is 7.00. The second-order valence-electron chi connectivity index (χ2n) is 4.76. The Bertz CT molecular complexity index is 575. The van der Waals surface area contributed by atoms with Crippen LogP contribution in [-0.2, 0) is 0 Å². The first-order valence-corrected chi connectivity index (χ1v) is 8.01. The lowest BCUT2D eigenvalue weighted by Crippen LogP contribution is -2.29. The lowest BCUT2D eigenvalue weighted by atomic mass is 10.3. The molecule has 22 heavy (non-hydrogen) atoms. The van der Waals surface area contributed by atoms with E-state index < -0.39 is 0 Å². The minimum absolute atomic E-state index is 0.617. The molecule has 0 heterocycles. The zero-order valence-electron chi connectivity index (χ0n) is 12.2. The van der Waals surface area contributed by atoms with Gasteiger partial charge in [-0.05, 0) is 61.5 Å². The molecule has 0 saturated carbocycles. The van der Waals surface area contributed by atoms with Gasteiger partial charge in [-0.25, -0.2) is 0 Å². The Labute approximate surface area is 141 Å². The van der Waals surface area contributed by atoms with Crippen molar-refractivity contribution in [2.45, 2.75) is 12.8 Å². The van der Waals surface area contributed by atoms with Gasteiger partial charge < -0.3 is 15.4 Å². The monoisotopic (exact) mass is 334 g/mol. The number of hydrogen-bond acceptors (Lipinski definition) is 2. The van der Waals surface area contributed by atoms with Gasteiger partial charge >= 0.3 is 0 Å². The zero-order chi connectivity index (χ0) is 15.6. The molecular formula is C17H19ClN2OS. The molecule has 0 spiro atoms. The lowest BCUT2D eigenvalue weighted by Gasteiger charge is -2.11. The number of nitrogens with one attached hydrogen (secondary N) is 2. The highest BCUT2D eigenvalue weighted by molar-refractivity contribution is 7.80. The highest BCUT2D eigenvalue weighted by atomic mass is 35.5. The Morgan fingerprint density at radius 3 is 2.45 bits per heavy atom. The summed E-state index contributed by atoms with van der Waals surface area (Å²) in [5.41, 5.74) is 0.925. The van der Waals surface area contributed by atoms with Gasteiger partial charge in [0, 0.05) is 17.3 Å². The van der Waals surface area contributed by atoms with E-state index in [9.17, 15) is 0 Å². The number of anilines is 1. The van der Waals surface area contributed by atoms with Gasteiger partial charge in [0.05, 0.1) is 6.61 Å². The van der Waals surface area contributed by atoms with Gasteiger partial charge in [0.25, 0.3) is 0 Å².